The Kier molecular flexibility index (Phi) is 6.18. The van der Waals surface area contributed by atoms with Gasteiger partial charge in [0.2, 0.25) is 11.8 Å². The fraction of sp³-hybridized carbons (Fsp3) is 0.217. The zero-order valence-corrected chi connectivity index (χ0v) is 18.4. The minimum atomic E-state index is -0.433. The Hall–Kier alpha value is -3.72. The van der Waals surface area contributed by atoms with Crippen molar-refractivity contribution in [1.29, 1.82) is 0 Å². The molecule has 3 amide bonds. The van der Waals surface area contributed by atoms with Crippen LogP contribution in [0.1, 0.15) is 40.2 Å². The van der Waals surface area contributed by atoms with E-state index in [2.05, 4.69) is 20.9 Å². The fourth-order valence-electron chi connectivity index (χ4n) is 3.60. The second-order valence-corrected chi connectivity index (χ2v) is 8.41. The van der Waals surface area contributed by atoms with Crippen molar-refractivity contribution in [3.63, 3.8) is 0 Å². The van der Waals surface area contributed by atoms with Crippen LogP contribution < -0.4 is 20.7 Å². The summed E-state index contributed by atoms with van der Waals surface area (Å²) in [6.45, 7) is 1.42. The number of benzene rings is 2. The number of amides is 3. The molecular weight excluding hydrogens is 428 g/mol. The molecule has 1 atom stereocenters. The van der Waals surface area contributed by atoms with E-state index in [1.54, 1.807) is 42.5 Å². The Bertz CT molecular complexity index is 1180. The average molecular weight is 451 g/mol. The largest absolute Gasteiger partial charge is 0.495 e. The van der Waals surface area contributed by atoms with Crippen LogP contribution in [0, 0.1) is 0 Å². The number of ether oxygens (including phenoxy) is 1. The summed E-state index contributed by atoms with van der Waals surface area (Å²) in [4.78, 5) is 42.3. The molecule has 3 aromatic rings. The molecule has 164 valence electrons. The first-order chi connectivity index (χ1) is 15.4. The van der Waals surface area contributed by atoms with Crippen LogP contribution in [0.3, 0.4) is 0 Å². The summed E-state index contributed by atoms with van der Waals surface area (Å²) < 4.78 is 5.34. The predicted molar refractivity (Wildman–Crippen MR) is 123 cm³/mol. The molecule has 0 saturated carbocycles. The lowest BCUT2D eigenvalue weighted by Gasteiger charge is -2.15. The highest BCUT2D eigenvalue weighted by Gasteiger charge is 2.33. The number of nitrogens with one attached hydrogen (secondary N) is 3. The van der Waals surface area contributed by atoms with Crippen LogP contribution in [0.25, 0.3) is 0 Å². The fourth-order valence-corrected chi connectivity index (χ4v) is 4.63. The van der Waals surface area contributed by atoms with Crippen molar-refractivity contribution in [2.24, 2.45) is 0 Å². The summed E-state index contributed by atoms with van der Waals surface area (Å²) >= 11 is 1.39. The highest BCUT2D eigenvalue weighted by molar-refractivity contribution is 7.16. The summed E-state index contributed by atoms with van der Waals surface area (Å²) in [5.74, 6) is -0.607. The first-order valence-electron chi connectivity index (χ1n) is 10.1. The molecule has 0 bridgehead atoms. The number of fused-ring (bicyclic) bond motifs is 1. The molecule has 1 heterocycles. The van der Waals surface area contributed by atoms with Crippen molar-refractivity contribution < 1.29 is 19.1 Å². The van der Waals surface area contributed by atoms with Crippen LogP contribution in [-0.2, 0) is 16.0 Å². The van der Waals surface area contributed by atoms with Crippen molar-refractivity contribution in [1.82, 2.24) is 4.98 Å². The number of hydrogen-bond donors (Lipinski definition) is 3. The molecule has 3 N–H and O–H groups in total. The van der Waals surface area contributed by atoms with E-state index in [-0.39, 0.29) is 17.7 Å². The van der Waals surface area contributed by atoms with Crippen molar-refractivity contribution in [3.05, 3.63) is 64.7 Å². The van der Waals surface area contributed by atoms with E-state index >= 15 is 0 Å². The van der Waals surface area contributed by atoms with Gasteiger partial charge in [0.15, 0.2) is 5.13 Å². The molecule has 0 radical (unpaired) electrons. The molecule has 1 aromatic heterocycles. The normalized spacial score (nSPS) is 14.4. The van der Waals surface area contributed by atoms with E-state index < -0.39 is 5.92 Å². The number of rotatable bonds is 6. The Balaban J connectivity index is 1.49. The van der Waals surface area contributed by atoms with Gasteiger partial charge in [0, 0.05) is 23.1 Å². The molecule has 1 aliphatic rings. The zero-order chi connectivity index (χ0) is 22.7. The van der Waals surface area contributed by atoms with Crippen LogP contribution in [0.4, 0.5) is 16.5 Å². The SMILES string of the molecule is COc1ccc(NC(C)=O)cc1NC(=O)C1CCc2sc(NC(=O)c3ccccc3)nc21. The predicted octanol–water partition coefficient (Wildman–Crippen LogP) is 4.03. The van der Waals surface area contributed by atoms with Crippen molar-refractivity contribution >= 4 is 45.6 Å². The summed E-state index contributed by atoms with van der Waals surface area (Å²) in [6, 6.07) is 13.9. The van der Waals surface area contributed by atoms with Gasteiger partial charge in [-0.15, -0.1) is 11.3 Å². The van der Waals surface area contributed by atoms with Gasteiger partial charge in [-0.25, -0.2) is 4.98 Å². The molecule has 4 rings (SSSR count). The van der Waals surface area contributed by atoms with Crippen LogP contribution in [-0.4, -0.2) is 29.8 Å². The molecule has 0 fully saturated rings. The highest BCUT2D eigenvalue weighted by atomic mass is 32.1. The molecule has 0 aliphatic heterocycles. The maximum Gasteiger partial charge on any atom is 0.257 e. The van der Waals surface area contributed by atoms with Gasteiger partial charge in [-0.05, 0) is 43.2 Å². The summed E-state index contributed by atoms with van der Waals surface area (Å²) in [6.07, 6.45) is 1.36. The molecule has 1 aliphatic carbocycles. The number of thiazole rings is 1. The molecular formula is C23H22N4O4S. The third kappa shape index (κ3) is 4.62. The number of nitrogens with zero attached hydrogens (tertiary/aromatic N) is 1. The molecule has 1 unspecified atom stereocenters. The third-order valence-electron chi connectivity index (χ3n) is 5.07. The Morgan fingerprint density at radius 1 is 1.06 bits per heavy atom. The van der Waals surface area contributed by atoms with Gasteiger partial charge in [-0.1, -0.05) is 18.2 Å². The summed E-state index contributed by atoms with van der Waals surface area (Å²) in [7, 11) is 1.51. The lowest BCUT2D eigenvalue weighted by Crippen LogP contribution is -2.20. The van der Waals surface area contributed by atoms with Crippen LogP contribution in [0.5, 0.6) is 5.75 Å². The zero-order valence-electron chi connectivity index (χ0n) is 17.6. The first-order valence-corrected chi connectivity index (χ1v) is 10.9. The topological polar surface area (TPSA) is 109 Å². The van der Waals surface area contributed by atoms with Gasteiger partial charge in [0.25, 0.3) is 5.91 Å². The minimum absolute atomic E-state index is 0.208. The van der Waals surface area contributed by atoms with E-state index in [1.165, 1.54) is 25.4 Å². The van der Waals surface area contributed by atoms with Crippen LogP contribution in [0.15, 0.2) is 48.5 Å². The number of hydrogen-bond acceptors (Lipinski definition) is 6. The second-order valence-electron chi connectivity index (χ2n) is 7.32. The lowest BCUT2D eigenvalue weighted by atomic mass is 10.1. The summed E-state index contributed by atoms with van der Waals surface area (Å²) in [5, 5.41) is 8.88. The quantitative estimate of drug-likeness (QED) is 0.525. The molecule has 2 aromatic carbocycles. The molecule has 9 heteroatoms. The first kappa shape index (κ1) is 21.5. The van der Waals surface area contributed by atoms with E-state index in [1.807, 2.05) is 6.07 Å². The van der Waals surface area contributed by atoms with Crippen molar-refractivity contribution in [2.75, 3.05) is 23.1 Å². The maximum absolute atomic E-state index is 13.1. The van der Waals surface area contributed by atoms with Crippen molar-refractivity contribution in [3.8, 4) is 5.75 Å². The monoisotopic (exact) mass is 450 g/mol. The highest BCUT2D eigenvalue weighted by Crippen LogP contribution is 2.39. The Morgan fingerprint density at radius 2 is 1.84 bits per heavy atom. The van der Waals surface area contributed by atoms with Gasteiger partial charge < -0.3 is 15.4 Å². The number of carbonyl (C=O) groups excluding carboxylic acids is 3. The van der Waals surface area contributed by atoms with Gasteiger partial charge in [0.1, 0.15) is 5.75 Å². The van der Waals surface area contributed by atoms with Crippen molar-refractivity contribution in [2.45, 2.75) is 25.7 Å². The van der Waals surface area contributed by atoms with E-state index in [0.29, 0.717) is 39.9 Å². The molecule has 0 spiro atoms. The molecule has 32 heavy (non-hydrogen) atoms. The number of aryl methyl sites for hydroxylation is 1. The number of carbonyl (C=O) groups is 3. The van der Waals surface area contributed by atoms with Gasteiger partial charge in [-0.3, -0.25) is 19.7 Å². The number of aromatic nitrogens is 1. The van der Waals surface area contributed by atoms with E-state index in [9.17, 15) is 14.4 Å². The van der Waals surface area contributed by atoms with E-state index in [0.717, 1.165) is 11.3 Å². The van der Waals surface area contributed by atoms with Gasteiger partial charge >= 0.3 is 0 Å². The number of anilines is 3. The Labute approximate surface area is 189 Å². The van der Waals surface area contributed by atoms with Crippen LogP contribution >= 0.6 is 11.3 Å². The number of methoxy groups -OCH3 is 1. The van der Waals surface area contributed by atoms with E-state index in [4.69, 9.17) is 4.74 Å². The second kappa shape index (κ2) is 9.19. The third-order valence-corrected chi connectivity index (χ3v) is 6.11. The minimum Gasteiger partial charge on any atom is -0.495 e. The molecule has 8 nitrogen and oxygen atoms in total. The lowest BCUT2D eigenvalue weighted by molar-refractivity contribution is -0.117. The maximum atomic E-state index is 13.1. The standard InChI is InChI=1S/C23H22N4O4S/c1-13(28)24-15-8-10-18(31-2)17(12-15)25-22(30)16-9-11-19-20(16)26-23(32-19)27-21(29)14-6-4-3-5-7-14/h3-8,10,12,16H,9,11H2,1-2H3,(H,24,28)(H,25,30)(H,26,27,29). The Morgan fingerprint density at radius 3 is 2.56 bits per heavy atom. The van der Waals surface area contributed by atoms with Gasteiger partial charge in [0.05, 0.1) is 24.4 Å². The van der Waals surface area contributed by atoms with Crippen LogP contribution in [0.2, 0.25) is 0 Å². The molecule has 0 saturated heterocycles. The average Bonchev–Trinajstić information content (AvgIpc) is 3.34. The smallest absolute Gasteiger partial charge is 0.257 e. The van der Waals surface area contributed by atoms with Gasteiger partial charge in [-0.2, -0.15) is 0 Å². The summed E-state index contributed by atoms with van der Waals surface area (Å²) in [5.41, 5.74) is 2.25.